The number of nitrogens with zero attached hydrogens (tertiary/aromatic N) is 2. The molecule has 0 saturated carbocycles. The van der Waals surface area contributed by atoms with Crippen LogP contribution in [0.2, 0.25) is 0 Å². The summed E-state index contributed by atoms with van der Waals surface area (Å²) in [6, 6.07) is 0.372. The molecule has 2 atom stereocenters. The monoisotopic (exact) mass is 255 g/mol. The van der Waals surface area contributed by atoms with E-state index in [0.29, 0.717) is 11.9 Å². The van der Waals surface area contributed by atoms with Gasteiger partial charge in [-0.1, -0.05) is 5.16 Å². The van der Waals surface area contributed by atoms with Crippen molar-refractivity contribution < 1.29 is 9.94 Å². The quantitative estimate of drug-likeness (QED) is 0.340. The second-order valence-electron chi connectivity index (χ2n) is 6.61. The van der Waals surface area contributed by atoms with Gasteiger partial charge in [0.15, 0.2) is 5.84 Å². The molecule has 3 N–H and O–H groups in total. The molecule has 0 aromatic heterocycles. The molecule has 2 heterocycles. The van der Waals surface area contributed by atoms with Gasteiger partial charge in [-0.25, -0.2) is 0 Å². The Kier molecular flexibility index (Phi) is 3.32. The van der Waals surface area contributed by atoms with Crippen LogP contribution in [-0.4, -0.2) is 45.8 Å². The van der Waals surface area contributed by atoms with E-state index in [2.05, 4.69) is 37.8 Å². The Hall–Kier alpha value is -0.810. The summed E-state index contributed by atoms with van der Waals surface area (Å²) in [5.41, 5.74) is 5.51. The highest BCUT2D eigenvalue weighted by Gasteiger charge is 2.51. The van der Waals surface area contributed by atoms with Crippen molar-refractivity contribution in [1.29, 1.82) is 0 Å². The summed E-state index contributed by atoms with van der Waals surface area (Å²) in [5, 5.41) is 12.1. The Labute approximate surface area is 109 Å². The molecule has 18 heavy (non-hydrogen) atoms. The first-order chi connectivity index (χ1) is 8.27. The van der Waals surface area contributed by atoms with Gasteiger partial charge in [0.2, 0.25) is 0 Å². The molecule has 5 heteroatoms. The first-order valence-electron chi connectivity index (χ1n) is 6.70. The van der Waals surface area contributed by atoms with Crippen molar-refractivity contribution in [3.8, 4) is 0 Å². The normalized spacial score (nSPS) is 36.1. The topological polar surface area (TPSA) is 71.1 Å². The van der Waals surface area contributed by atoms with E-state index in [9.17, 15) is 0 Å². The van der Waals surface area contributed by atoms with Crippen molar-refractivity contribution in [1.82, 2.24) is 4.90 Å². The van der Waals surface area contributed by atoms with Crippen LogP contribution in [0.4, 0.5) is 0 Å². The van der Waals surface area contributed by atoms with E-state index in [0.717, 1.165) is 25.8 Å². The highest BCUT2D eigenvalue weighted by Crippen LogP contribution is 2.42. The molecule has 2 saturated heterocycles. The summed E-state index contributed by atoms with van der Waals surface area (Å²) >= 11 is 0. The maximum Gasteiger partial charge on any atom is 0.156 e. The molecule has 2 aliphatic rings. The smallest absolute Gasteiger partial charge is 0.156 e. The molecule has 0 aromatic rings. The highest BCUT2D eigenvalue weighted by molar-refractivity contribution is 5.85. The fraction of sp³-hybridized carbons (Fsp3) is 0.923. The minimum absolute atomic E-state index is 0.0526. The molecule has 2 aliphatic heterocycles. The summed E-state index contributed by atoms with van der Waals surface area (Å²) in [5.74, 6) is 0.327. The average molecular weight is 255 g/mol. The molecule has 0 spiro atoms. The predicted octanol–water partition coefficient (Wildman–Crippen LogP) is 1.54. The van der Waals surface area contributed by atoms with Gasteiger partial charge in [-0.3, -0.25) is 4.90 Å². The van der Waals surface area contributed by atoms with Crippen LogP contribution in [-0.2, 0) is 4.74 Å². The third-order valence-corrected chi connectivity index (χ3v) is 4.18. The molecule has 0 aromatic carbocycles. The molecule has 2 unspecified atom stereocenters. The van der Waals surface area contributed by atoms with Crippen molar-refractivity contribution >= 4 is 5.84 Å². The van der Waals surface area contributed by atoms with Gasteiger partial charge in [0.1, 0.15) is 0 Å². The van der Waals surface area contributed by atoms with E-state index in [1.54, 1.807) is 0 Å². The van der Waals surface area contributed by atoms with Crippen LogP contribution < -0.4 is 5.73 Å². The van der Waals surface area contributed by atoms with Crippen molar-refractivity contribution in [2.45, 2.75) is 70.2 Å². The summed E-state index contributed by atoms with van der Waals surface area (Å²) < 4.78 is 6.14. The SMILES string of the molecule is CC1(C)CC(N2CCCC2C(N)=NO)C(C)(C)O1. The third kappa shape index (κ3) is 2.34. The summed E-state index contributed by atoms with van der Waals surface area (Å²) in [4.78, 5) is 2.35. The highest BCUT2D eigenvalue weighted by atomic mass is 16.5. The van der Waals surface area contributed by atoms with Crippen LogP contribution in [0.15, 0.2) is 5.16 Å². The average Bonchev–Trinajstić information content (AvgIpc) is 2.78. The van der Waals surface area contributed by atoms with Crippen LogP contribution in [0.1, 0.15) is 47.0 Å². The fourth-order valence-electron chi connectivity index (χ4n) is 3.60. The third-order valence-electron chi connectivity index (χ3n) is 4.18. The lowest BCUT2D eigenvalue weighted by Gasteiger charge is -2.36. The second-order valence-corrected chi connectivity index (χ2v) is 6.61. The maximum absolute atomic E-state index is 8.89. The summed E-state index contributed by atoms with van der Waals surface area (Å²) in [6.07, 6.45) is 3.03. The first kappa shape index (κ1) is 13.6. The largest absolute Gasteiger partial charge is 0.409 e. The van der Waals surface area contributed by atoms with Gasteiger partial charge in [-0.05, 0) is 53.5 Å². The number of oxime groups is 1. The second kappa shape index (κ2) is 4.38. The van der Waals surface area contributed by atoms with E-state index in [4.69, 9.17) is 15.7 Å². The van der Waals surface area contributed by atoms with Gasteiger partial charge in [0.05, 0.1) is 17.2 Å². The molecular formula is C13H25N3O2. The molecule has 104 valence electrons. The number of ether oxygens (including phenoxy) is 1. The number of amidine groups is 1. The van der Waals surface area contributed by atoms with Crippen molar-refractivity contribution in [3.63, 3.8) is 0 Å². The zero-order chi connectivity index (χ0) is 13.6. The Morgan fingerprint density at radius 3 is 2.56 bits per heavy atom. The van der Waals surface area contributed by atoms with E-state index < -0.39 is 0 Å². The molecular weight excluding hydrogens is 230 g/mol. The zero-order valence-electron chi connectivity index (χ0n) is 11.8. The van der Waals surface area contributed by atoms with Gasteiger partial charge in [0, 0.05) is 6.04 Å². The van der Waals surface area contributed by atoms with Crippen LogP contribution in [0, 0.1) is 0 Å². The summed E-state index contributed by atoms with van der Waals surface area (Å²) in [6.45, 7) is 9.52. The minimum atomic E-state index is -0.193. The van der Waals surface area contributed by atoms with E-state index in [1.165, 1.54) is 0 Å². The van der Waals surface area contributed by atoms with Gasteiger partial charge in [-0.2, -0.15) is 0 Å². The van der Waals surface area contributed by atoms with E-state index in [1.807, 2.05) is 0 Å². The van der Waals surface area contributed by atoms with Gasteiger partial charge in [-0.15, -0.1) is 0 Å². The maximum atomic E-state index is 8.89. The fourth-order valence-corrected chi connectivity index (χ4v) is 3.60. The number of likely N-dealkylation sites (tertiary alicyclic amines) is 1. The zero-order valence-corrected chi connectivity index (χ0v) is 11.8. The minimum Gasteiger partial charge on any atom is -0.409 e. The van der Waals surface area contributed by atoms with Crippen molar-refractivity contribution in [3.05, 3.63) is 0 Å². The molecule has 2 rings (SSSR count). The molecule has 0 aliphatic carbocycles. The Morgan fingerprint density at radius 2 is 2.06 bits per heavy atom. The van der Waals surface area contributed by atoms with E-state index >= 15 is 0 Å². The number of hydrogen-bond acceptors (Lipinski definition) is 4. The Bertz CT molecular complexity index is 352. The molecule has 0 bridgehead atoms. The lowest BCUT2D eigenvalue weighted by Crippen LogP contribution is -2.52. The number of nitrogens with two attached hydrogens (primary N) is 1. The van der Waals surface area contributed by atoms with E-state index in [-0.39, 0.29) is 17.2 Å². The Morgan fingerprint density at radius 1 is 1.39 bits per heavy atom. The number of hydrogen-bond donors (Lipinski definition) is 2. The molecule has 5 nitrogen and oxygen atoms in total. The van der Waals surface area contributed by atoms with Gasteiger partial charge >= 0.3 is 0 Å². The summed E-state index contributed by atoms with van der Waals surface area (Å²) in [7, 11) is 0. The van der Waals surface area contributed by atoms with Crippen LogP contribution >= 0.6 is 0 Å². The van der Waals surface area contributed by atoms with Gasteiger partial charge in [0.25, 0.3) is 0 Å². The lowest BCUT2D eigenvalue weighted by molar-refractivity contribution is -0.0801. The predicted molar refractivity (Wildman–Crippen MR) is 70.8 cm³/mol. The van der Waals surface area contributed by atoms with Crippen LogP contribution in [0.3, 0.4) is 0 Å². The van der Waals surface area contributed by atoms with Crippen LogP contribution in [0.5, 0.6) is 0 Å². The van der Waals surface area contributed by atoms with Gasteiger partial charge < -0.3 is 15.7 Å². The first-order valence-corrected chi connectivity index (χ1v) is 6.70. The standard InChI is InChI=1S/C13H25N3O2/c1-12(2)8-10(13(3,4)18-12)16-7-5-6-9(16)11(14)15-17/h9-10,17H,5-8H2,1-4H3,(H2,14,15). The van der Waals surface area contributed by atoms with Crippen molar-refractivity contribution in [2.24, 2.45) is 10.9 Å². The molecule has 0 radical (unpaired) electrons. The Balaban J connectivity index is 2.21. The lowest BCUT2D eigenvalue weighted by atomic mass is 9.92. The van der Waals surface area contributed by atoms with Crippen LogP contribution in [0.25, 0.3) is 0 Å². The number of rotatable bonds is 2. The molecule has 2 fully saturated rings. The van der Waals surface area contributed by atoms with Crippen molar-refractivity contribution in [2.75, 3.05) is 6.54 Å². The molecule has 0 amide bonds.